The van der Waals surface area contributed by atoms with E-state index in [-0.39, 0.29) is 17.0 Å². The van der Waals surface area contributed by atoms with Crippen LogP contribution in [0.4, 0.5) is 26.3 Å². The Balaban J connectivity index is 2.49. The summed E-state index contributed by atoms with van der Waals surface area (Å²) in [6, 6.07) is 4.93. The van der Waals surface area contributed by atoms with Crippen molar-refractivity contribution in [1.29, 1.82) is 5.26 Å². The van der Waals surface area contributed by atoms with Gasteiger partial charge in [0.15, 0.2) is 0 Å². The van der Waals surface area contributed by atoms with Gasteiger partial charge in [0, 0.05) is 4.88 Å². The van der Waals surface area contributed by atoms with Crippen molar-refractivity contribution in [2.45, 2.75) is 24.6 Å². The maximum Gasteiger partial charge on any atom is 0.433 e. The second-order valence-electron chi connectivity index (χ2n) is 5.23. The van der Waals surface area contributed by atoms with Gasteiger partial charge in [0.2, 0.25) is 0 Å². The first-order valence-corrected chi connectivity index (χ1v) is 7.78. The van der Waals surface area contributed by atoms with Gasteiger partial charge < -0.3 is 10.2 Å². The summed E-state index contributed by atoms with van der Waals surface area (Å²) >= 11 is 1.02. The monoisotopic (exact) mass is 396 g/mol. The van der Waals surface area contributed by atoms with Crippen LogP contribution in [-0.2, 0) is 12.4 Å². The number of rotatable bonds is 4. The van der Waals surface area contributed by atoms with Gasteiger partial charge in [-0.05, 0) is 29.1 Å². The van der Waals surface area contributed by atoms with Gasteiger partial charge in [-0.15, -0.1) is 11.3 Å². The molecule has 26 heavy (non-hydrogen) atoms. The average molecular weight is 396 g/mol. The number of alkyl halides is 6. The van der Waals surface area contributed by atoms with E-state index in [1.165, 1.54) is 18.2 Å². The lowest BCUT2D eigenvalue weighted by atomic mass is 9.91. The topological polar surface area (TPSA) is 77.1 Å². The second kappa shape index (κ2) is 7.22. The molecular formula is C15H10F6N2O2S. The van der Waals surface area contributed by atoms with Crippen LogP contribution < -0.4 is 0 Å². The van der Waals surface area contributed by atoms with Gasteiger partial charge in [0.05, 0.1) is 12.2 Å². The summed E-state index contributed by atoms with van der Waals surface area (Å²) < 4.78 is 77.0. The first-order chi connectivity index (χ1) is 11.9. The lowest BCUT2D eigenvalue weighted by Gasteiger charge is -2.23. The predicted octanol–water partition coefficient (Wildman–Crippen LogP) is 4.09. The highest BCUT2D eigenvalue weighted by Gasteiger charge is 2.40. The molecule has 0 fully saturated rings. The molecule has 2 aromatic heterocycles. The molecule has 0 aliphatic carbocycles. The van der Waals surface area contributed by atoms with Crippen LogP contribution in [0.25, 0.3) is 0 Å². The summed E-state index contributed by atoms with van der Waals surface area (Å²) in [4.78, 5) is 2.77. The van der Waals surface area contributed by atoms with Gasteiger partial charge in [0.25, 0.3) is 0 Å². The van der Waals surface area contributed by atoms with Gasteiger partial charge in [-0.25, -0.2) is 4.98 Å². The summed E-state index contributed by atoms with van der Waals surface area (Å²) in [6.07, 6.45) is -14.1. The SMILES string of the molecule is N#CC(C(O)c1cc(C(F)(F)F)nc(C(F)(F)F)c1)C(O)c1cccs1. The number of thiophene rings is 1. The Morgan fingerprint density at radius 1 is 1.00 bits per heavy atom. The molecule has 2 heterocycles. The Morgan fingerprint density at radius 2 is 1.54 bits per heavy atom. The van der Waals surface area contributed by atoms with Crippen LogP contribution in [-0.4, -0.2) is 15.2 Å². The Bertz CT molecular complexity index is 766. The molecular weight excluding hydrogens is 386 g/mol. The maximum atomic E-state index is 12.8. The largest absolute Gasteiger partial charge is 0.433 e. The van der Waals surface area contributed by atoms with E-state index in [1.807, 2.05) is 0 Å². The van der Waals surface area contributed by atoms with Crippen LogP contribution in [0, 0.1) is 17.2 Å². The van der Waals surface area contributed by atoms with Gasteiger partial charge in [-0.3, -0.25) is 0 Å². The van der Waals surface area contributed by atoms with Crippen LogP contribution in [0.3, 0.4) is 0 Å². The smallest absolute Gasteiger partial charge is 0.387 e. The average Bonchev–Trinajstić information content (AvgIpc) is 3.07. The second-order valence-corrected chi connectivity index (χ2v) is 6.21. The number of hydrogen-bond acceptors (Lipinski definition) is 5. The fourth-order valence-corrected chi connectivity index (χ4v) is 2.93. The van der Waals surface area contributed by atoms with E-state index in [0.29, 0.717) is 0 Å². The third-order valence-electron chi connectivity index (χ3n) is 3.43. The lowest BCUT2D eigenvalue weighted by molar-refractivity contribution is -0.150. The maximum absolute atomic E-state index is 12.8. The first-order valence-electron chi connectivity index (χ1n) is 6.90. The number of aromatic nitrogens is 1. The Morgan fingerprint density at radius 3 is 1.92 bits per heavy atom. The molecule has 2 N–H and O–H groups in total. The van der Waals surface area contributed by atoms with Crippen molar-refractivity contribution in [3.05, 3.63) is 51.5 Å². The zero-order chi connectivity index (χ0) is 19.7. The minimum atomic E-state index is -5.19. The van der Waals surface area contributed by atoms with Crippen molar-refractivity contribution in [3.8, 4) is 6.07 Å². The van der Waals surface area contributed by atoms with Crippen LogP contribution in [0.1, 0.15) is 34.0 Å². The molecule has 2 rings (SSSR count). The molecule has 0 amide bonds. The summed E-state index contributed by atoms with van der Waals surface area (Å²) in [5, 5.41) is 31.0. The molecule has 3 unspecified atom stereocenters. The zero-order valence-electron chi connectivity index (χ0n) is 12.6. The van der Waals surface area contributed by atoms with Crippen LogP contribution in [0.2, 0.25) is 0 Å². The molecule has 0 radical (unpaired) electrons. The standard InChI is InChI=1S/C15H10F6N2O2S/c16-14(17,18)10-4-7(5-11(23-10)15(19,20)21)12(24)8(6-22)13(25)9-2-1-3-26-9/h1-5,8,12-13,24-25H. The Labute approximate surface area is 147 Å². The van der Waals surface area contributed by atoms with Crippen molar-refractivity contribution in [1.82, 2.24) is 4.98 Å². The third-order valence-corrected chi connectivity index (χ3v) is 4.38. The molecule has 0 aromatic carbocycles. The summed E-state index contributed by atoms with van der Waals surface area (Å²) in [6.45, 7) is 0. The van der Waals surface area contributed by atoms with Crippen LogP contribution in [0.15, 0.2) is 29.6 Å². The van der Waals surface area contributed by atoms with Crippen LogP contribution in [0.5, 0.6) is 0 Å². The number of nitriles is 1. The predicted molar refractivity (Wildman–Crippen MR) is 77.6 cm³/mol. The van der Waals surface area contributed by atoms with Crippen molar-refractivity contribution >= 4 is 11.3 Å². The van der Waals surface area contributed by atoms with E-state index < -0.39 is 47.4 Å². The van der Waals surface area contributed by atoms with E-state index in [4.69, 9.17) is 5.26 Å². The molecule has 2 aromatic rings. The molecule has 0 aliphatic heterocycles. The highest BCUT2D eigenvalue weighted by Crippen LogP contribution is 2.39. The third kappa shape index (κ3) is 4.32. The first kappa shape index (κ1) is 20.2. The number of pyridine rings is 1. The highest BCUT2D eigenvalue weighted by molar-refractivity contribution is 7.10. The molecule has 0 bridgehead atoms. The molecule has 0 aliphatic rings. The van der Waals surface area contributed by atoms with E-state index in [2.05, 4.69) is 4.98 Å². The van der Waals surface area contributed by atoms with E-state index in [9.17, 15) is 36.6 Å². The van der Waals surface area contributed by atoms with Crippen LogP contribution >= 0.6 is 11.3 Å². The molecule has 0 saturated heterocycles. The zero-order valence-corrected chi connectivity index (χ0v) is 13.4. The number of aliphatic hydroxyl groups is 2. The minimum Gasteiger partial charge on any atom is -0.387 e. The molecule has 0 spiro atoms. The number of aliphatic hydroxyl groups excluding tert-OH is 2. The molecule has 4 nitrogen and oxygen atoms in total. The van der Waals surface area contributed by atoms with Gasteiger partial charge in [0.1, 0.15) is 23.4 Å². The Hall–Kier alpha value is -2.16. The quantitative estimate of drug-likeness (QED) is 0.764. The number of halogens is 6. The molecule has 3 atom stereocenters. The van der Waals surface area contributed by atoms with Crippen molar-refractivity contribution < 1.29 is 36.6 Å². The van der Waals surface area contributed by atoms with E-state index >= 15 is 0 Å². The molecule has 0 saturated carbocycles. The summed E-state index contributed by atoms with van der Waals surface area (Å²) in [5.74, 6) is -1.68. The Kier molecular flexibility index (Phi) is 5.60. The number of hydrogen-bond donors (Lipinski definition) is 2. The van der Waals surface area contributed by atoms with Gasteiger partial charge >= 0.3 is 12.4 Å². The van der Waals surface area contributed by atoms with Crippen molar-refractivity contribution in [3.63, 3.8) is 0 Å². The van der Waals surface area contributed by atoms with Crippen molar-refractivity contribution in [2.75, 3.05) is 0 Å². The van der Waals surface area contributed by atoms with Crippen molar-refractivity contribution in [2.24, 2.45) is 5.92 Å². The lowest BCUT2D eigenvalue weighted by Crippen LogP contribution is -2.21. The van der Waals surface area contributed by atoms with E-state index in [0.717, 1.165) is 11.3 Å². The highest BCUT2D eigenvalue weighted by atomic mass is 32.1. The number of nitrogens with zero attached hydrogens (tertiary/aromatic N) is 2. The van der Waals surface area contributed by atoms with Gasteiger partial charge in [-0.1, -0.05) is 6.07 Å². The molecule has 140 valence electrons. The summed E-state index contributed by atoms with van der Waals surface area (Å²) in [5.41, 5.74) is -4.53. The summed E-state index contributed by atoms with van der Waals surface area (Å²) in [7, 11) is 0. The minimum absolute atomic E-state index is 0.228. The normalized spacial score (nSPS) is 16.0. The molecule has 11 heteroatoms. The fourth-order valence-electron chi connectivity index (χ4n) is 2.17. The van der Waals surface area contributed by atoms with E-state index in [1.54, 1.807) is 5.38 Å². The van der Waals surface area contributed by atoms with Gasteiger partial charge in [-0.2, -0.15) is 31.6 Å². The fraction of sp³-hybridized carbons (Fsp3) is 0.333.